The molecule has 0 saturated heterocycles. The van der Waals surface area contributed by atoms with Crippen LogP contribution in [0.1, 0.15) is 32.0 Å². The fourth-order valence-corrected chi connectivity index (χ4v) is 2.20. The first-order valence-corrected chi connectivity index (χ1v) is 6.30. The van der Waals surface area contributed by atoms with E-state index in [4.69, 9.17) is 0 Å². The molecular weight excluding hydrogens is 254 g/mol. The molecule has 2 heterocycles. The number of pyridine rings is 1. The fraction of sp³-hybridized carbons (Fsp3) is 0.133. The summed E-state index contributed by atoms with van der Waals surface area (Å²) in [4.78, 5) is 28.5. The molecule has 1 N–H and O–H groups in total. The number of rotatable bonds is 3. The predicted octanol–water partition coefficient (Wildman–Crippen LogP) is 1.69. The highest BCUT2D eigenvalue weighted by Crippen LogP contribution is 2.20. The van der Waals surface area contributed by atoms with Crippen LogP contribution in [0.15, 0.2) is 42.6 Å². The zero-order chi connectivity index (χ0) is 14.1. The second-order valence-corrected chi connectivity index (χ2v) is 4.57. The minimum atomic E-state index is -0.313. The molecule has 2 amide bonds. The maximum absolute atomic E-state index is 12.1. The lowest BCUT2D eigenvalue weighted by molar-refractivity contribution is 0.0562. The van der Waals surface area contributed by atoms with E-state index < -0.39 is 0 Å². The molecule has 1 aromatic heterocycles. The van der Waals surface area contributed by atoms with E-state index in [0.29, 0.717) is 17.7 Å². The number of nitrogens with one attached hydrogen (secondary N) is 1. The van der Waals surface area contributed by atoms with Crippen molar-refractivity contribution in [1.29, 1.82) is 0 Å². The molecule has 0 unspecified atom stereocenters. The van der Waals surface area contributed by atoms with Crippen LogP contribution in [0.2, 0.25) is 0 Å². The molecule has 5 heteroatoms. The Morgan fingerprint density at radius 1 is 1.05 bits per heavy atom. The van der Waals surface area contributed by atoms with Gasteiger partial charge in [0.05, 0.1) is 11.1 Å². The number of nitrogens with zero attached hydrogens (tertiary/aromatic N) is 2. The standard InChI is InChI=1S/C15H13N3O2/c1-10-11(5-4-8-16-10)9-17-18-14(19)12-6-2-3-7-13(12)15(18)20/h2-8,17H,9H2,1H3. The van der Waals surface area contributed by atoms with Crippen molar-refractivity contribution in [1.82, 2.24) is 15.4 Å². The predicted molar refractivity (Wildman–Crippen MR) is 72.8 cm³/mol. The lowest BCUT2D eigenvalue weighted by Gasteiger charge is -2.15. The number of benzene rings is 1. The van der Waals surface area contributed by atoms with E-state index in [1.165, 1.54) is 0 Å². The van der Waals surface area contributed by atoms with Crippen LogP contribution in [0.4, 0.5) is 0 Å². The van der Waals surface area contributed by atoms with Crippen molar-refractivity contribution in [3.05, 3.63) is 65.0 Å². The lowest BCUT2D eigenvalue weighted by Crippen LogP contribution is -2.42. The molecule has 0 spiro atoms. The first kappa shape index (κ1) is 12.5. The molecule has 0 radical (unpaired) electrons. The van der Waals surface area contributed by atoms with Crippen LogP contribution >= 0.6 is 0 Å². The van der Waals surface area contributed by atoms with Gasteiger partial charge in [-0.1, -0.05) is 18.2 Å². The summed E-state index contributed by atoms with van der Waals surface area (Å²) >= 11 is 0. The molecular formula is C15H13N3O2. The third kappa shape index (κ3) is 1.98. The molecule has 0 atom stereocenters. The Labute approximate surface area is 116 Å². The summed E-state index contributed by atoms with van der Waals surface area (Å²) in [6.07, 6.45) is 1.71. The van der Waals surface area contributed by atoms with Gasteiger partial charge in [0, 0.05) is 18.4 Å². The van der Waals surface area contributed by atoms with E-state index in [-0.39, 0.29) is 11.8 Å². The smallest absolute Gasteiger partial charge is 0.267 e. The zero-order valence-corrected chi connectivity index (χ0v) is 11.0. The van der Waals surface area contributed by atoms with Gasteiger partial charge < -0.3 is 0 Å². The Morgan fingerprint density at radius 3 is 2.30 bits per heavy atom. The third-order valence-corrected chi connectivity index (χ3v) is 3.34. The summed E-state index contributed by atoms with van der Waals surface area (Å²) < 4.78 is 0. The fourth-order valence-electron chi connectivity index (χ4n) is 2.20. The molecule has 0 saturated carbocycles. The summed E-state index contributed by atoms with van der Waals surface area (Å²) in [5, 5.41) is 1.07. The quantitative estimate of drug-likeness (QED) is 0.860. The van der Waals surface area contributed by atoms with Crippen LogP contribution in [-0.2, 0) is 6.54 Å². The van der Waals surface area contributed by atoms with Gasteiger partial charge in [-0.2, -0.15) is 0 Å². The summed E-state index contributed by atoms with van der Waals surface area (Å²) in [6.45, 7) is 2.27. The average molecular weight is 267 g/mol. The summed E-state index contributed by atoms with van der Waals surface area (Å²) in [6, 6.07) is 10.6. The van der Waals surface area contributed by atoms with E-state index in [1.807, 2.05) is 19.1 Å². The first-order valence-electron chi connectivity index (χ1n) is 6.30. The van der Waals surface area contributed by atoms with E-state index in [2.05, 4.69) is 10.4 Å². The van der Waals surface area contributed by atoms with Crippen LogP contribution in [0.5, 0.6) is 0 Å². The largest absolute Gasteiger partial charge is 0.276 e. The molecule has 0 fully saturated rings. The number of hydrogen-bond acceptors (Lipinski definition) is 4. The van der Waals surface area contributed by atoms with Crippen LogP contribution in [-0.4, -0.2) is 21.8 Å². The minimum absolute atomic E-state index is 0.313. The lowest BCUT2D eigenvalue weighted by atomic mass is 10.1. The molecule has 5 nitrogen and oxygen atoms in total. The Hall–Kier alpha value is -2.53. The molecule has 1 aliphatic rings. The number of carbonyl (C=O) groups is 2. The molecule has 2 aromatic rings. The van der Waals surface area contributed by atoms with Gasteiger partial charge >= 0.3 is 0 Å². The first-order chi connectivity index (χ1) is 9.68. The van der Waals surface area contributed by atoms with Gasteiger partial charge in [0.2, 0.25) is 0 Å². The highest BCUT2D eigenvalue weighted by Gasteiger charge is 2.35. The van der Waals surface area contributed by atoms with Crippen LogP contribution in [0.25, 0.3) is 0 Å². The van der Waals surface area contributed by atoms with E-state index in [1.54, 1.807) is 30.5 Å². The van der Waals surface area contributed by atoms with Crippen LogP contribution < -0.4 is 5.43 Å². The zero-order valence-electron chi connectivity index (χ0n) is 11.0. The van der Waals surface area contributed by atoms with Gasteiger partial charge in [0.25, 0.3) is 11.8 Å². The second kappa shape index (κ2) is 4.86. The molecule has 100 valence electrons. The maximum atomic E-state index is 12.1. The molecule has 1 aliphatic heterocycles. The van der Waals surface area contributed by atoms with Crippen molar-refractivity contribution in [3.8, 4) is 0 Å². The highest BCUT2D eigenvalue weighted by atomic mass is 16.2. The van der Waals surface area contributed by atoms with Crippen molar-refractivity contribution in [3.63, 3.8) is 0 Å². The Balaban J connectivity index is 1.79. The van der Waals surface area contributed by atoms with Gasteiger partial charge in [-0.05, 0) is 30.7 Å². The van der Waals surface area contributed by atoms with Crippen molar-refractivity contribution < 1.29 is 9.59 Å². The maximum Gasteiger partial charge on any atom is 0.276 e. The monoisotopic (exact) mass is 267 g/mol. The van der Waals surface area contributed by atoms with Crippen molar-refractivity contribution in [2.75, 3.05) is 0 Å². The van der Waals surface area contributed by atoms with E-state index >= 15 is 0 Å². The van der Waals surface area contributed by atoms with Gasteiger partial charge in [-0.3, -0.25) is 14.6 Å². The van der Waals surface area contributed by atoms with Gasteiger partial charge in [-0.15, -0.1) is 0 Å². The Kier molecular flexibility index (Phi) is 3.04. The molecule has 3 rings (SSSR count). The number of hydrogen-bond donors (Lipinski definition) is 1. The SMILES string of the molecule is Cc1ncccc1CNN1C(=O)c2ccccc2C1=O. The van der Waals surface area contributed by atoms with Crippen LogP contribution in [0.3, 0.4) is 0 Å². The van der Waals surface area contributed by atoms with Gasteiger partial charge in [0.1, 0.15) is 0 Å². The summed E-state index contributed by atoms with van der Waals surface area (Å²) in [5.74, 6) is -0.626. The van der Waals surface area contributed by atoms with E-state index in [0.717, 1.165) is 16.3 Å². The Morgan fingerprint density at radius 2 is 1.70 bits per heavy atom. The number of aromatic nitrogens is 1. The minimum Gasteiger partial charge on any atom is -0.267 e. The number of amides is 2. The average Bonchev–Trinajstić information content (AvgIpc) is 2.71. The summed E-state index contributed by atoms with van der Waals surface area (Å²) in [5.41, 5.74) is 5.58. The second-order valence-electron chi connectivity index (χ2n) is 4.57. The Bertz CT molecular complexity index is 662. The number of imide groups is 1. The highest BCUT2D eigenvalue weighted by molar-refractivity contribution is 6.20. The number of aryl methyl sites for hydroxylation is 1. The summed E-state index contributed by atoms with van der Waals surface area (Å²) in [7, 11) is 0. The van der Waals surface area contributed by atoms with Crippen LogP contribution in [0, 0.1) is 6.92 Å². The molecule has 0 aliphatic carbocycles. The van der Waals surface area contributed by atoms with Crippen molar-refractivity contribution >= 4 is 11.8 Å². The number of hydrazine groups is 1. The third-order valence-electron chi connectivity index (χ3n) is 3.34. The molecule has 20 heavy (non-hydrogen) atoms. The molecule has 0 bridgehead atoms. The number of carbonyl (C=O) groups excluding carboxylic acids is 2. The van der Waals surface area contributed by atoms with E-state index in [9.17, 15) is 9.59 Å². The topological polar surface area (TPSA) is 62.3 Å². The van der Waals surface area contributed by atoms with Crippen molar-refractivity contribution in [2.45, 2.75) is 13.5 Å². The molecule has 1 aromatic carbocycles. The van der Waals surface area contributed by atoms with Crippen molar-refractivity contribution in [2.24, 2.45) is 0 Å². The van der Waals surface area contributed by atoms with Gasteiger partial charge in [0.15, 0.2) is 0 Å². The number of fused-ring (bicyclic) bond motifs is 1. The normalized spacial score (nSPS) is 13.8. The van der Waals surface area contributed by atoms with Gasteiger partial charge in [-0.25, -0.2) is 10.4 Å².